The quantitative estimate of drug-likeness (QED) is 0.502. The zero-order valence-electron chi connectivity index (χ0n) is 10.8. The lowest BCUT2D eigenvalue weighted by atomic mass is 10.4. The first-order valence-corrected chi connectivity index (χ1v) is 7.80. The molecule has 5 nitrogen and oxygen atoms in total. The van der Waals surface area contributed by atoms with E-state index in [0.717, 1.165) is 28.2 Å². The highest BCUT2D eigenvalue weighted by molar-refractivity contribution is 8.00. The average Bonchev–Trinajstić information content (AvgIpc) is 2.90. The van der Waals surface area contributed by atoms with Crippen LogP contribution >= 0.6 is 23.1 Å². The fraction of sp³-hybridized carbons (Fsp3) is 0.417. The molecular formula is C12H15N3O2S2. The van der Waals surface area contributed by atoms with E-state index >= 15 is 0 Å². The Kier molecular flexibility index (Phi) is 4.98. The number of carbonyl (C=O) groups is 1. The molecule has 2 aromatic rings. The normalized spacial score (nSPS) is 10.6. The summed E-state index contributed by atoms with van der Waals surface area (Å²) in [7, 11) is 1.39. The Balaban J connectivity index is 2.23. The molecule has 0 atom stereocenters. The molecule has 0 saturated carbocycles. The molecule has 2 aromatic heterocycles. The van der Waals surface area contributed by atoms with Crippen LogP contribution in [0.25, 0.3) is 10.2 Å². The van der Waals surface area contributed by atoms with Crippen molar-refractivity contribution in [3.05, 3.63) is 11.4 Å². The summed E-state index contributed by atoms with van der Waals surface area (Å²) in [6.45, 7) is 2.92. The number of nitrogens with one attached hydrogen (secondary N) is 1. The van der Waals surface area contributed by atoms with Crippen molar-refractivity contribution in [3.63, 3.8) is 0 Å². The molecule has 102 valence electrons. The van der Waals surface area contributed by atoms with Crippen molar-refractivity contribution in [2.24, 2.45) is 0 Å². The Morgan fingerprint density at radius 2 is 2.37 bits per heavy atom. The molecule has 0 fully saturated rings. The molecule has 0 aliphatic carbocycles. The number of carbonyl (C=O) groups excluding carboxylic acids is 1. The lowest BCUT2D eigenvalue weighted by Gasteiger charge is -2.06. The molecule has 0 unspecified atom stereocenters. The zero-order valence-corrected chi connectivity index (χ0v) is 12.4. The van der Waals surface area contributed by atoms with Gasteiger partial charge in [-0.2, -0.15) is 0 Å². The zero-order chi connectivity index (χ0) is 13.7. The van der Waals surface area contributed by atoms with Gasteiger partial charge in [-0.05, 0) is 17.9 Å². The fourth-order valence-electron chi connectivity index (χ4n) is 1.44. The van der Waals surface area contributed by atoms with E-state index in [9.17, 15) is 4.79 Å². The van der Waals surface area contributed by atoms with Gasteiger partial charge >= 0.3 is 5.97 Å². The summed E-state index contributed by atoms with van der Waals surface area (Å²) >= 11 is 2.94. The van der Waals surface area contributed by atoms with Crippen LogP contribution in [0.4, 0.5) is 5.95 Å². The molecular weight excluding hydrogens is 282 g/mol. The second kappa shape index (κ2) is 6.72. The predicted octanol–water partition coefficient (Wildman–Crippen LogP) is 2.78. The molecule has 0 aliphatic rings. The number of nitrogens with zero attached hydrogens (tertiary/aromatic N) is 2. The van der Waals surface area contributed by atoms with Crippen LogP contribution in [-0.2, 0) is 9.53 Å². The molecule has 0 spiro atoms. The number of rotatable bonds is 6. The first-order valence-electron chi connectivity index (χ1n) is 5.93. The van der Waals surface area contributed by atoms with E-state index in [0.29, 0.717) is 5.95 Å². The Morgan fingerprint density at radius 1 is 1.53 bits per heavy atom. The highest BCUT2D eigenvalue weighted by Crippen LogP contribution is 2.29. The molecule has 2 rings (SSSR count). The summed E-state index contributed by atoms with van der Waals surface area (Å²) in [5, 5.41) is 6.95. The van der Waals surface area contributed by atoms with Gasteiger partial charge in [0.2, 0.25) is 5.95 Å². The lowest BCUT2D eigenvalue weighted by molar-refractivity contribution is -0.137. The molecule has 19 heavy (non-hydrogen) atoms. The van der Waals surface area contributed by atoms with Gasteiger partial charge in [0, 0.05) is 11.9 Å². The first kappa shape index (κ1) is 14.1. The summed E-state index contributed by atoms with van der Waals surface area (Å²) in [4.78, 5) is 21.1. The third-order valence-corrected chi connectivity index (χ3v) is 4.15. The number of fused-ring (bicyclic) bond motifs is 1. The maximum Gasteiger partial charge on any atom is 0.316 e. The van der Waals surface area contributed by atoms with Gasteiger partial charge in [0.1, 0.15) is 9.86 Å². The van der Waals surface area contributed by atoms with Crippen LogP contribution in [0.15, 0.2) is 16.5 Å². The van der Waals surface area contributed by atoms with Crippen molar-refractivity contribution in [2.45, 2.75) is 18.4 Å². The molecule has 0 saturated heterocycles. The number of methoxy groups -OCH3 is 1. The van der Waals surface area contributed by atoms with E-state index in [-0.39, 0.29) is 11.7 Å². The van der Waals surface area contributed by atoms with Crippen LogP contribution in [0.2, 0.25) is 0 Å². The minimum Gasteiger partial charge on any atom is -0.468 e. The van der Waals surface area contributed by atoms with Crippen molar-refractivity contribution in [1.29, 1.82) is 0 Å². The summed E-state index contributed by atoms with van der Waals surface area (Å²) in [6, 6.07) is 1.98. The number of hydrogen-bond donors (Lipinski definition) is 1. The Morgan fingerprint density at radius 3 is 3.11 bits per heavy atom. The van der Waals surface area contributed by atoms with Crippen LogP contribution in [0.5, 0.6) is 0 Å². The molecule has 0 radical (unpaired) electrons. The van der Waals surface area contributed by atoms with E-state index in [2.05, 4.69) is 26.9 Å². The van der Waals surface area contributed by atoms with Gasteiger partial charge in [-0.3, -0.25) is 4.79 Å². The minimum atomic E-state index is -0.255. The van der Waals surface area contributed by atoms with Crippen molar-refractivity contribution in [3.8, 4) is 0 Å². The topological polar surface area (TPSA) is 64.1 Å². The number of ether oxygens (including phenoxy) is 1. The summed E-state index contributed by atoms with van der Waals surface area (Å²) in [5.74, 6) is 0.616. The van der Waals surface area contributed by atoms with Crippen molar-refractivity contribution in [1.82, 2.24) is 9.97 Å². The van der Waals surface area contributed by atoms with Crippen LogP contribution < -0.4 is 5.32 Å². The Bertz CT molecular complexity index is 571. The van der Waals surface area contributed by atoms with Gasteiger partial charge in [0.25, 0.3) is 0 Å². The van der Waals surface area contributed by atoms with Crippen molar-refractivity contribution >= 4 is 45.2 Å². The highest BCUT2D eigenvalue weighted by atomic mass is 32.2. The number of thioether (sulfide) groups is 1. The second-order valence-corrected chi connectivity index (χ2v) is 5.64. The van der Waals surface area contributed by atoms with E-state index in [1.165, 1.54) is 18.9 Å². The summed E-state index contributed by atoms with van der Waals surface area (Å²) in [6.07, 6.45) is 1.01. The van der Waals surface area contributed by atoms with Gasteiger partial charge in [-0.1, -0.05) is 18.7 Å². The third-order valence-electron chi connectivity index (χ3n) is 2.38. The molecule has 2 heterocycles. The van der Waals surface area contributed by atoms with Crippen molar-refractivity contribution < 1.29 is 9.53 Å². The lowest BCUT2D eigenvalue weighted by Crippen LogP contribution is -2.06. The van der Waals surface area contributed by atoms with Gasteiger partial charge in [0.05, 0.1) is 12.9 Å². The number of esters is 1. The molecule has 0 aliphatic heterocycles. The maximum atomic E-state index is 11.2. The van der Waals surface area contributed by atoms with Crippen molar-refractivity contribution in [2.75, 3.05) is 24.7 Å². The molecule has 7 heteroatoms. The highest BCUT2D eigenvalue weighted by Gasteiger charge is 2.11. The largest absolute Gasteiger partial charge is 0.468 e. The Labute approximate surface area is 119 Å². The van der Waals surface area contributed by atoms with E-state index in [1.54, 1.807) is 11.3 Å². The predicted molar refractivity (Wildman–Crippen MR) is 78.9 cm³/mol. The van der Waals surface area contributed by atoms with Gasteiger partial charge in [-0.25, -0.2) is 9.97 Å². The van der Waals surface area contributed by atoms with Crippen LogP contribution in [0.1, 0.15) is 13.3 Å². The van der Waals surface area contributed by atoms with Gasteiger partial charge in [-0.15, -0.1) is 11.3 Å². The number of thiophene rings is 1. The SMILES string of the molecule is CCCNc1nc(SCC(=O)OC)c2ccsc2n1. The van der Waals surface area contributed by atoms with Crippen LogP contribution in [0, 0.1) is 0 Å². The third kappa shape index (κ3) is 3.57. The van der Waals surface area contributed by atoms with E-state index in [1.807, 2.05) is 11.4 Å². The van der Waals surface area contributed by atoms with Gasteiger partial charge < -0.3 is 10.1 Å². The summed E-state index contributed by atoms with van der Waals surface area (Å²) < 4.78 is 4.64. The fourth-order valence-corrected chi connectivity index (χ4v) is 3.11. The average molecular weight is 297 g/mol. The standard InChI is InChI=1S/C12H15N3O2S2/c1-3-5-13-12-14-10-8(4-6-18-10)11(15-12)19-7-9(16)17-2/h4,6H,3,5,7H2,1-2H3,(H,13,14,15). The molecule has 0 aromatic carbocycles. The Hall–Kier alpha value is -1.34. The number of aromatic nitrogens is 2. The molecule has 0 amide bonds. The smallest absolute Gasteiger partial charge is 0.316 e. The van der Waals surface area contributed by atoms with Crippen LogP contribution in [0.3, 0.4) is 0 Å². The van der Waals surface area contributed by atoms with Crippen LogP contribution in [-0.4, -0.2) is 35.3 Å². The number of hydrogen-bond acceptors (Lipinski definition) is 7. The van der Waals surface area contributed by atoms with E-state index in [4.69, 9.17) is 0 Å². The molecule has 1 N–H and O–H groups in total. The number of anilines is 1. The van der Waals surface area contributed by atoms with Gasteiger partial charge in [0.15, 0.2) is 0 Å². The maximum absolute atomic E-state index is 11.2. The molecule has 0 bridgehead atoms. The minimum absolute atomic E-state index is 0.255. The van der Waals surface area contributed by atoms with E-state index < -0.39 is 0 Å². The monoisotopic (exact) mass is 297 g/mol. The summed E-state index contributed by atoms with van der Waals surface area (Å²) in [5.41, 5.74) is 0. The second-order valence-electron chi connectivity index (χ2n) is 3.78. The first-order chi connectivity index (χ1) is 9.24.